The van der Waals surface area contributed by atoms with Crippen molar-refractivity contribution in [2.45, 2.75) is 13.1 Å². The van der Waals surface area contributed by atoms with E-state index in [1.807, 2.05) is 79.0 Å². The fourth-order valence-corrected chi connectivity index (χ4v) is 4.59. The van der Waals surface area contributed by atoms with Crippen molar-refractivity contribution in [1.29, 1.82) is 0 Å². The second-order valence-corrected chi connectivity index (χ2v) is 8.88. The zero-order valence-corrected chi connectivity index (χ0v) is 19.7. The van der Waals surface area contributed by atoms with Crippen molar-refractivity contribution in [3.63, 3.8) is 0 Å². The van der Waals surface area contributed by atoms with Gasteiger partial charge in [0.1, 0.15) is 18.2 Å². The van der Waals surface area contributed by atoms with Crippen molar-refractivity contribution < 1.29 is 4.74 Å². The average Bonchev–Trinajstić information content (AvgIpc) is 2.88. The number of aromatic nitrogens is 2. The molecule has 0 bridgehead atoms. The van der Waals surface area contributed by atoms with E-state index < -0.39 is 0 Å². The van der Waals surface area contributed by atoms with Crippen molar-refractivity contribution in [3.8, 4) is 5.75 Å². The summed E-state index contributed by atoms with van der Waals surface area (Å²) in [5.74, 6) is 1.80. The van der Waals surface area contributed by atoms with E-state index in [2.05, 4.69) is 14.8 Å². The second-order valence-electron chi connectivity index (χ2n) is 8.44. The van der Waals surface area contributed by atoms with Crippen LogP contribution in [-0.2, 0) is 13.1 Å². The summed E-state index contributed by atoms with van der Waals surface area (Å²) in [7, 11) is 0. The van der Waals surface area contributed by atoms with Crippen LogP contribution in [0.5, 0.6) is 5.75 Å². The molecule has 0 spiro atoms. The van der Waals surface area contributed by atoms with E-state index in [0.717, 1.165) is 54.2 Å². The van der Waals surface area contributed by atoms with Crippen molar-refractivity contribution in [2.75, 3.05) is 37.7 Å². The SMILES string of the molecule is O=c1c(CN2CCN(c3ccccn3)CC2)cc2ccc(Cl)cc2n1CCOc1ccccc1. The molecule has 3 heterocycles. The van der Waals surface area contributed by atoms with Gasteiger partial charge in [-0.25, -0.2) is 4.98 Å². The minimum atomic E-state index is 0.0126. The molecule has 1 aliphatic rings. The predicted octanol–water partition coefficient (Wildman–Crippen LogP) is 4.45. The fourth-order valence-electron chi connectivity index (χ4n) is 4.43. The van der Waals surface area contributed by atoms with E-state index in [4.69, 9.17) is 16.3 Å². The van der Waals surface area contributed by atoms with Gasteiger partial charge < -0.3 is 14.2 Å². The van der Waals surface area contributed by atoms with Gasteiger partial charge in [0.15, 0.2) is 0 Å². The summed E-state index contributed by atoms with van der Waals surface area (Å²) in [6.07, 6.45) is 1.83. The third-order valence-electron chi connectivity index (χ3n) is 6.20. The lowest BCUT2D eigenvalue weighted by Crippen LogP contribution is -2.47. The highest BCUT2D eigenvalue weighted by molar-refractivity contribution is 6.31. The first-order valence-electron chi connectivity index (χ1n) is 11.6. The standard InChI is InChI=1S/C27H27ClN4O2/c28-23-10-9-21-18-22(20-30-12-14-31(15-13-30)26-8-4-5-11-29-26)27(33)32(25(21)19-23)16-17-34-24-6-2-1-3-7-24/h1-11,18-19H,12-17,20H2. The molecule has 1 aliphatic heterocycles. The Morgan fingerprint density at radius 1 is 0.912 bits per heavy atom. The molecule has 0 N–H and O–H groups in total. The lowest BCUT2D eigenvalue weighted by atomic mass is 10.1. The Bertz CT molecular complexity index is 1300. The Labute approximate surface area is 204 Å². The molecule has 0 unspecified atom stereocenters. The fraction of sp³-hybridized carbons (Fsp3) is 0.259. The lowest BCUT2D eigenvalue weighted by molar-refractivity contribution is 0.247. The molecule has 7 heteroatoms. The molecule has 5 rings (SSSR count). The normalized spacial score (nSPS) is 14.4. The van der Waals surface area contributed by atoms with Gasteiger partial charge in [-0.2, -0.15) is 0 Å². The molecule has 0 atom stereocenters. The molecule has 6 nitrogen and oxygen atoms in total. The van der Waals surface area contributed by atoms with Gasteiger partial charge in [-0.3, -0.25) is 9.69 Å². The van der Waals surface area contributed by atoms with Crippen LogP contribution in [0.25, 0.3) is 10.9 Å². The quantitative estimate of drug-likeness (QED) is 0.396. The smallest absolute Gasteiger partial charge is 0.255 e. The highest BCUT2D eigenvalue weighted by atomic mass is 35.5. The topological polar surface area (TPSA) is 50.6 Å². The second kappa shape index (κ2) is 10.3. The summed E-state index contributed by atoms with van der Waals surface area (Å²) in [6.45, 7) is 5.01. The first-order valence-corrected chi connectivity index (χ1v) is 11.9. The first-order chi connectivity index (χ1) is 16.7. The highest BCUT2D eigenvalue weighted by Crippen LogP contribution is 2.21. The molecule has 0 radical (unpaired) electrons. The number of fused-ring (bicyclic) bond motifs is 1. The molecule has 1 fully saturated rings. The van der Waals surface area contributed by atoms with Gasteiger partial charge in [0.25, 0.3) is 5.56 Å². The Hall–Kier alpha value is -3.35. The molecule has 1 saturated heterocycles. The Balaban J connectivity index is 1.34. The maximum atomic E-state index is 13.5. The van der Waals surface area contributed by atoms with Crippen LogP contribution in [-0.4, -0.2) is 47.2 Å². The van der Waals surface area contributed by atoms with E-state index in [1.54, 1.807) is 4.57 Å². The maximum absolute atomic E-state index is 13.5. The van der Waals surface area contributed by atoms with E-state index in [0.29, 0.717) is 24.7 Å². The summed E-state index contributed by atoms with van der Waals surface area (Å²) in [6, 6.07) is 23.4. The van der Waals surface area contributed by atoms with Crippen LogP contribution in [0.1, 0.15) is 5.56 Å². The number of para-hydroxylation sites is 1. The molecule has 174 valence electrons. The van der Waals surface area contributed by atoms with Gasteiger partial charge in [0, 0.05) is 49.5 Å². The maximum Gasteiger partial charge on any atom is 0.255 e. The molecule has 4 aromatic rings. The van der Waals surface area contributed by atoms with Gasteiger partial charge in [0.2, 0.25) is 0 Å². The zero-order valence-electron chi connectivity index (χ0n) is 18.9. The van der Waals surface area contributed by atoms with Crippen LogP contribution in [0.3, 0.4) is 0 Å². The van der Waals surface area contributed by atoms with Gasteiger partial charge >= 0.3 is 0 Å². The monoisotopic (exact) mass is 474 g/mol. The summed E-state index contributed by atoms with van der Waals surface area (Å²) in [4.78, 5) is 22.6. The molecule has 34 heavy (non-hydrogen) atoms. The highest BCUT2D eigenvalue weighted by Gasteiger charge is 2.20. The van der Waals surface area contributed by atoms with Crippen molar-refractivity contribution in [3.05, 3.63) is 99.9 Å². The predicted molar refractivity (Wildman–Crippen MR) is 137 cm³/mol. The molecule has 2 aromatic carbocycles. The number of hydrogen-bond acceptors (Lipinski definition) is 5. The van der Waals surface area contributed by atoms with Gasteiger partial charge in [-0.15, -0.1) is 0 Å². The molecule has 0 amide bonds. The van der Waals surface area contributed by atoms with Crippen LogP contribution in [0.4, 0.5) is 5.82 Å². The third kappa shape index (κ3) is 5.08. The largest absolute Gasteiger partial charge is 0.492 e. The summed E-state index contributed by atoms with van der Waals surface area (Å²) >= 11 is 6.27. The van der Waals surface area contributed by atoms with Crippen LogP contribution < -0.4 is 15.2 Å². The molecule has 0 saturated carbocycles. The Morgan fingerprint density at radius 2 is 1.71 bits per heavy atom. The summed E-state index contributed by atoms with van der Waals surface area (Å²) < 4.78 is 7.67. The molecular formula is C27H27ClN4O2. The van der Waals surface area contributed by atoms with Crippen LogP contribution >= 0.6 is 11.6 Å². The molecule has 0 aliphatic carbocycles. The van der Waals surface area contributed by atoms with Gasteiger partial charge in [-0.1, -0.05) is 41.9 Å². The van der Waals surface area contributed by atoms with Gasteiger partial charge in [-0.05, 0) is 47.9 Å². The third-order valence-corrected chi connectivity index (χ3v) is 6.43. The van der Waals surface area contributed by atoms with Crippen LogP contribution in [0.2, 0.25) is 5.02 Å². The number of nitrogens with zero attached hydrogens (tertiary/aromatic N) is 4. The first kappa shape index (κ1) is 22.4. The number of ether oxygens (including phenoxy) is 1. The summed E-state index contributed by atoms with van der Waals surface area (Å²) in [5.41, 5.74) is 1.64. The van der Waals surface area contributed by atoms with Crippen molar-refractivity contribution in [1.82, 2.24) is 14.5 Å². The van der Waals surface area contributed by atoms with E-state index in [9.17, 15) is 4.79 Å². The number of hydrogen-bond donors (Lipinski definition) is 0. The zero-order chi connectivity index (χ0) is 23.3. The Morgan fingerprint density at radius 3 is 2.47 bits per heavy atom. The number of benzene rings is 2. The average molecular weight is 475 g/mol. The summed E-state index contributed by atoms with van der Waals surface area (Å²) in [5, 5.41) is 1.62. The number of halogens is 1. The van der Waals surface area contributed by atoms with Crippen LogP contribution in [0, 0.1) is 0 Å². The Kier molecular flexibility index (Phi) is 6.79. The number of anilines is 1. The van der Waals surface area contributed by atoms with E-state index >= 15 is 0 Å². The van der Waals surface area contributed by atoms with Crippen molar-refractivity contribution in [2.24, 2.45) is 0 Å². The minimum absolute atomic E-state index is 0.0126. The number of piperazine rings is 1. The number of rotatable bonds is 7. The van der Waals surface area contributed by atoms with Gasteiger partial charge in [0.05, 0.1) is 12.1 Å². The lowest BCUT2D eigenvalue weighted by Gasteiger charge is -2.35. The van der Waals surface area contributed by atoms with Crippen LogP contribution in [0.15, 0.2) is 83.8 Å². The van der Waals surface area contributed by atoms with E-state index in [1.165, 1.54) is 0 Å². The van der Waals surface area contributed by atoms with Crippen molar-refractivity contribution >= 4 is 28.3 Å². The minimum Gasteiger partial charge on any atom is -0.492 e. The molecular weight excluding hydrogens is 448 g/mol. The number of pyridine rings is 2. The van der Waals surface area contributed by atoms with E-state index in [-0.39, 0.29) is 5.56 Å². The molecule has 2 aromatic heterocycles.